The summed E-state index contributed by atoms with van der Waals surface area (Å²) >= 11 is 1.65. The topological polar surface area (TPSA) is 29.5 Å². The van der Waals surface area contributed by atoms with Crippen LogP contribution in [0.2, 0.25) is 0 Å². The molecule has 112 valence electrons. The molecule has 1 fully saturated rings. The zero-order chi connectivity index (χ0) is 14.8. The number of benzene rings is 1. The van der Waals surface area contributed by atoms with Crippen molar-refractivity contribution >= 4 is 27.1 Å². The van der Waals surface area contributed by atoms with Crippen LogP contribution in [0.1, 0.15) is 32.6 Å². The van der Waals surface area contributed by atoms with E-state index in [9.17, 15) is 4.79 Å². The van der Waals surface area contributed by atoms with E-state index in [1.165, 1.54) is 19.3 Å². The minimum atomic E-state index is 0.142. The second-order valence-corrected chi connectivity index (χ2v) is 6.47. The first-order valence-corrected chi connectivity index (χ1v) is 8.48. The Morgan fingerprint density at radius 3 is 3.00 bits per heavy atom. The Hall–Kier alpha value is -1.55. The van der Waals surface area contributed by atoms with Gasteiger partial charge in [0.2, 0.25) is 5.43 Å². The van der Waals surface area contributed by atoms with Crippen LogP contribution in [0.15, 0.2) is 28.4 Å². The van der Waals surface area contributed by atoms with Crippen molar-refractivity contribution in [3.05, 3.63) is 33.8 Å². The quantitative estimate of drug-likeness (QED) is 0.857. The number of hydrogen-bond acceptors (Lipinski definition) is 4. The van der Waals surface area contributed by atoms with Gasteiger partial charge in [-0.3, -0.25) is 4.79 Å². The molecule has 3 rings (SSSR count). The molecule has 4 heteroatoms. The molecule has 1 aliphatic heterocycles. The summed E-state index contributed by atoms with van der Waals surface area (Å²) in [5.41, 5.74) is 1.01. The van der Waals surface area contributed by atoms with E-state index in [1.54, 1.807) is 18.4 Å². The SMILES string of the molecule is CCC1CCCCN1c1csc2ccc(OC)cc2c1=O. The van der Waals surface area contributed by atoms with Crippen LogP contribution in [0, 0.1) is 0 Å². The lowest BCUT2D eigenvalue weighted by Crippen LogP contribution is -2.41. The lowest BCUT2D eigenvalue weighted by Gasteiger charge is -2.36. The minimum absolute atomic E-state index is 0.142. The Labute approximate surface area is 129 Å². The van der Waals surface area contributed by atoms with Crippen LogP contribution < -0.4 is 15.1 Å². The number of methoxy groups -OCH3 is 1. The van der Waals surface area contributed by atoms with E-state index < -0.39 is 0 Å². The van der Waals surface area contributed by atoms with Crippen LogP contribution in [0.4, 0.5) is 5.69 Å². The van der Waals surface area contributed by atoms with E-state index in [2.05, 4.69) is 11.8 Å². The molecule has 0 saturated carbocycles. The molecule has 3 nitrogen and oxygen atoms in total. The maximum atomic E-state index is 12.9. The molecule has 0 spiro atoms. The first-order chi connectivity index (χ1) is 10.2. The van der Waals surface area contributed by atoms with Gasteiger partial charge < -0.3 is 9.64 Å². The predicted octanol–water partition coefficient (Wildman–Crippen LogP) is 4.04. The maximum Gasteiger partial charge on any atom is 0.211 e. The summed E-state index contributed by atoms with van der Waals surface area (Å²) in [4.78, 5) is 15.2. The molecule has 2 heterocycles. The van der Waals surface area contributed by atoms with Crippen LogP contribution in [0.3, 0.4) is 0 Å². The normalized spacial score (nSPS) is 19.0. The van der Waals surface area contributed by atoms with Crippen molar-refractivity contribution in [3.63, 3.8) is 0 Å². The molecule has 0 N–H and O–H groups in total. The lowest BCUT2D eigenvalue weighted by molar-refractivity contribution is 0.415. The van der Waals surface area contributed by atoms with Gasteiger partial charge in [0.1, 0.15) is 5.75 Å². The second-order valence-electron chi connectivity index (χ2n) is 5.56. The maximum absolute atomic E-state index is 12.9. The number of fused-ring (bicyclic) bond motifs is 1. The van der Waals surface area contributed by atoms with Gasteiger partial charge in [-0.25, -0.2) is 0 Å². The molecule has 21 heavy (non-hydrogen) atoms. The largest absolute Gasteiger partial charge is 0.497 e. The molecule has 1 aromatic heterocycles. The average Bonchev–Trinajstić information content (AvgIpc) is 2.55. The van der Waals surface area contributed by atoms with E-state index in [0.29, 0.717) is 6.04 Å². The number of rotatable bonds is 3. The Morgan fingerprint density at radius 1 is 1.38 bits per heavy atom. The van der Waals surface area contributed by atoms with Crippen molar-refractivity contribution < 1.29 is 4.74 Å². The zero-order valence-electron chi connectivity index (χ0n) is 12.6. The summed E-state index contributed by atoms with van der Waals surface area (Å²) in [6.45, 7) is 3.21. The van der Waals surface area contributed by atoms with Crippen molar-refractivity contribution in [2.75, 3.05) is 18.6 Å². The highest BCUT2D eigenvalue weighted by Gasteiger charge is 2.23. The number of piperidine rings is 1. The molecule has 2 aromatic rings. The highest BCUT2D eigenvalue weighted by atomic mass is 32.1. The fourth-order valence-corrected chi connectivity index (χ4v) is 4.07. The number of ether oxygens (including phenoxy) is 1. The molecule has 0 amide bonds. The van der Waals surface area contributed by atoms with Crippen molar-refractivity contribution in [1.82, 2.24) is 0 Å². The Kier molecular flexibility index (Phi) is 4.15. The Morgan fingerprint density at radius 2 is 2.24 bits per heavy atom. The van der Waals surface area contributed by atoms with Gasteiger partial charge >= 0.3 is 0 Å². The van der Waals surface area contributed by atoms with Crippen LogP contribution >= 0.6 is 11.3 Å². The van der Waals surface area contributed by atoms with Gasteiger partial charge in [0.15, 0.2) is 0 Å². The summed E-state index contributed by atoms with van der Waals surface area (Å²) in [5.74, 6) is 0.745. The van der Waals surface area contributed by atoms with Gasteiger partial charge in [0.05, 0.1) is 12.8 Å². The van der Waals surface area contributed by atoms with E-state index in [-0.39, 0.29) is 5.43 Å². The zero-order valence-corrected chi connectivity index (χ0v) is 13.4. The van der Waals surface area contributed by atoms with Gasteiger partial charge in [-0.1, -0.05) is 6.92 Å². The Bertz CT molecular complexity index is 695. The molecule has 1 unspecified atom stereocenters. The summed E-state index contributed by atoms with van der Waals surface area (Å²) in [6, 6.07) is 6.25. The van der Waals surface area contributed by atoms with Gasteiger partial charge in [-0.05, 0) is 43.9 Å². The molecular weight excluding hydrogens is 282 g/mol. The molecule has 1 saturated heterocycles. The van der Waals surface area contributed by atoms with Gasteiger partial charge in [0.25, 0.3) is 0 Å². The monoisotopic (exact) mass is 303 g/mol. The van der Waals surface area contributed by atoms with E-state index in [1.807, 2.05) is 23.6 Å². The summed E-state index contributed by atoms with van der Waals surface area (Å²) in [7, 11) is 1.64. The molecule has 0 aliphatic carbocycles. The molecular formula is C17H21NO2S. The van der Waals surface area contributed by atoms with Crippen molar-refractivity contribution in [2.24, 2.45) is 0 Å². The minimum Gasteiger partial charge on any atom is -0.497 e. The van der Waals surface area contributed by atoms with Crippen molar-refractivity contribution in [1.29, 1.82) is 0 Å². The van der Waals surface area contributed by atoms with Crippen LogP contribution in [-0.4, -0.2) is 19.7 Å². The highest BCUT2D eigenvalue weighted by Crippen LogP contribution is 2.29. The molecule has 0 bridgehead atoms. The average molecular weight is 303 g/mol. The van der Waals surface area contributed by atoms with Crippen LogP contribution in [0.25, 0.3) is 10.1 Å². The standard InChI is InChI=1S/C17H21NO2S/c1-3-12-6-4-5-9-18(12)15-11-21-16-8-7-13(20-2)10-14(16)17(15)19/h7-8,10-12H,3-6,9H2,1-2H3. The fraction of sp³-hybridized carbons (Fsp3) is 0.471. The second kappa shape index (κ2) is 6.06. The van der Waals surface area contributed by atoms with Gasteiger partial charge in [0, 0.05) is 28.1 Å². The number of anilines is 1. The smallest absolute Gasteiger partial charge is 0.211 e. The number of hydrogen-bond donors (Lipinski definition) is 0. The van der Waals surface area contributed by atoms with Crippen LogP contribution in [-0.2, 0) is 0 Å². The first-order valence-electron chi connectivity index (χ1n) is 7.60. The van der Waals surface area contributed by atoms with Gasteiger partial charge in [-0.2, -0.15) is 0 Å². The molecule has 1 atom stereocenters. The van der Waals surface area contributed by atoms with E-state index in [0.717, 1.165) is 34.5 Å². The van der Waals surface area contributed by atoms with Crippen molar-refractivity contribution in [3.8, 4) is 5.75 Å². The fourth-order valence-electron chi connectivity index (χ4n) is 3.17. The molecule has 1 aliphatic rings. The van der Waals surface area contributed by atoms with Gasteiger partial charge in [-0.15, -0.1) is 11.3 Å². The third-order valence-corrected chi connectivity index (χ3v) is 5.32. The van der Waals surface area contributed by atoms with Crippen LogP contribution in [0.5, 0.6) is 5.75 Å². The number of nitrogens with zero attached hydrogens (tertiary/aromatic N) is 1. The summed E-state index contributed by atoms with van der Waals surface area (Å²) in [6.07, 6.45) is 4.74. The summed E-state index contributed by atoms with van der Waals surface area (Å²) in [5, 5.41) is 2.81. The lowest BCUT2D eigenvalue weighted by atomic mass is 9.99. The predicted molar refractivity (Wildman–Crippen MR) is 89.9 cm³/mol. The van der Waals surface area contributed by atoms with E-state index in [4.69, 9.17) is 4.74 Å². The summed E-state index contributed by atoms with van der Waals surface area (Å²) < 4.78 is 6.28. The molecule has 0 radical (unpaired) electrons. The highest BCUT2D eigenvalue weighted by molar-refractivity contribution is 7.16. The molecule has 1 aromatic carbocycles. The Balaban J connectivity index is 2.10. The first kappa shape index (κ1) is 14.4. The van der Waals surface area contributed by atoms with E-state index >= 15 is 0 Å². The third kappa shape index (κ3) is 2.64. The van der Waals surface area contributed by atoms with Crippen molar-refractivity contribution in [2.45, 2.75) is 38.6 Å². The third-order valence-electron chi connectivity index (χ3n) is 4.37.